The van der Waals surface area contributed by atoms with Crippen molar-refractivity contribution in [2.24, 2.45) is 0 Å². The molecule has 0 fully saturated rings. The smallest absolute Gasteiger partial charge is 0.222 e. The lowest BCUT2D eigenvalue weighted by Gasteiger charge is -2.25. The minimum Gasteiger partial charge on any atom is -0.349 e. The Balaban J connectivity index is 1.44. The van der Waals surface area contributed by atoms with E-state index in [9.17, 15) is 4.79 Å². The van der Waals surface area contributed by atoms with Gasteiger partial charge >= 0.3 is 0 Å². The summed E-state index contributed by atoms with van der Waals surface area (Å²) in [6.07, 6.45) is 5.21. The van der Waals surface area contributed by atoms with E-state index in [-0.39, 0.29) is 11.9 Å². The average Bonchev–Trinajstić information content (AvgIpc) is 2.96. The highest BCUT2D eigenvalue weighted by molar-refractivity contribution is 5.82. The van der Waals surface area contributed by atoms with Gasteiger partial charge in [-0.15, -0.1) is 0 Å². The molecule has 1 aromatic carbocycles. The van der Waals surface area contributed by atoms with E-state index >= 15 is 0 Å². The summed E-state index contributed by atoms with van der Waals surface area (Å²) in [5.41, 5.74) is 4.21. The molecule has 26 heavy (non-hydrogen) atoms. The van der Waals surface area contributed by atoms with Crippen molar-refractivity contribution < 1.29 is 4.79 Å². The third-order valence-electron chi connectivity index (χ3n) is 5.03. The first-order valence-electron chi connectivity index (χ1n) is 9.16. The summed E-state index contributed by atoms with van der Waals surface area (Å²) in [7, 11) is 0. The van der Waals surface area contributed by atoms with Crippen molar-refractivity contribution in [2.45, 2.75) is 52.1 Å². The lowest BCUT2D eigenvalue weighted by atomic mass is 9.92. The summed E-state index contributed by atoms with van der Waals surface area (Å²) in [4.78, 5) is 21.3. The number of para-hydroxylation sites is 1. The minimum atomic E-state index is 0.0166. The van der Waals surface area contributed by atoms with Crippen LogP contribution in [-0.4, -0.2) is 25.7 Å². The fourth-order valence-corrected chi connectivity index (χ4v) is 3.73. The summed E-state index contributed by atoms with van der Waals surface area (Å²) in [5.74, 6) is 0.831. The molecule has 0 saturated carbocycles. The van der Waals surface area contributed by atoms with E-state index in [2.05, 4.69) is 26.4 Å². The number of carbonyl (C=O) groups is 1. The summed E-state index contributed by atoms with van der Waals surface area (Å²) >= 11 is 0. The molecule has 1 aliphatic carbocycles. The first-order valence-corrected chi connectivity index (χ1v) is 9.16. The molecule has 6 heteroatoms. The maximum Gasteiger partial charge on any atom is 0.222 e. The van der Waals surface area contributed by atoms with E-state index in [1.54, 1.807) is 0 Å². The van der Waals surface area contributed by atoms with E-state index < -0.39 is 0 Å². The van der Waals surface area contributed by atoms with Crippen molar-refractivity contribution in [1.29, 1.82) is 0 Å². The van der Waals surface area contributed by atoms with Crippen LogP contribution < -0.4 is 5.32 Å². The molecular weight excluding hydrogens is 326 g/mol. The highest BCUT2D eigenvalue weighted by Gasteiger charge is 2.23. The van der Waals surface area contributed by atoms with Crippen LogP contribution in [0.1, 0.15) is 48.1 Å². The maximum absolute atomic E-state index is 12.5. The Kier molecular flexibility index (Phi) is 4.41. The van der Waals surface area contributed by atoms with Crippen molar-refractivity contribution in [3.8, 4) is 0 Å². The highest BCUT2D eigenvalue weighted by Crippen LogP contribution is 2.28. The van der Waals surface area contributed by atoms with Gasteiger partial charge in [-0.25, -0.2) is 9.97 Å². The van der Waals surface area contributed by atoms with Gasteiger partial charge in [0.2, 0.25) is 5.91 Å². The van der Waals surface area contributed by atoms with Crippen LogP contribution in [0.5, 0.6) is 0 Å². The number of aryl methyl sites for hydroxylation is 4. The molecule has 6 nitrogen and oxygen atoms in total. The van der Waals surface area contributed by atoms with Crippen LogP contribution in [0.25, 0.3) is 10.9 Å². The second kappa shape index (κ2) is 6.86. The van der Waals surface area contributed by atoms with E-state index in [0.717, 1.165) is 52.9 Å². The van der Waals surface area contributed by atoms with Gasteiger partial charge in [0.05, 0.1) is 23.8 Å². The molecule has 1 N–H and O–H groups in total. The normalized spacial score (nSPS) is 16.5. The van der Waals surface area contributed by atoms with Gasteiger partial charge in [-0.05, 0) is 39.2 Å². The number of hydrogen-bond acceptors (Lipinski definition) is 4. The first-order chi connectivity index (χ1) is 12.6. The lowest BCUT2D eigenvalue weighted by molar-refractivity contribution is -0.122. The number of nitrogens with one attached hydrogen (secondary N) is 1. The van der Waals surface area contributed by atoms with Gasteiger partial charge < -0.3 is 5.32 Å². The largest absolute Gasteiger partial charge is 0.349 e. The molecule has 0 saturated heterocycles. The molecule has 1 amide bonds. The van der Waals surface area contributed by atoms with E-state index in [4.69, 9.17) is 0 Å². The number of carbonyl (C=O) groups excluding carboxylic acids is 1. The molecule has 1 aliphatic rings. The second-order valence-electron chi connectivity index (χ2n) is 6.91. The van der Waals surface area contributed by atoms with Crippen molar-refractivity contribution in [2.75, 3.05) is 0 Å². The molecule has 0 unspecified atom stereocenters. The van der Waals surface area contributed by atoms with Gasteiger partial charge in [0, 0.05) is 29.3 Å². The number of rotatable bonds is 4. The number of hydrogen-bond donors (Lipinski definition) is 1. The summed E-state index contributed by atoms with van der Waals surface area (Å²) in [5, 5.41) is 8.87. The second-order valence-corrected chi connectivity index (χ2v) is 6.91. The summed E-state index contributed by atoms with van der Waals surface area (Å²) < 4.78 is 1.92. The third-order valence-corrected chi connectivity index (χ3v) is 5.03. The predicted molar refractivity (Wildman–Crippen MR) is 99.7 cm³/mol. The predicted octanol–water partition coefficient (Wildman–Crippen LogP) is 3.03. The van der Waals surface area contributed by atoms with Crippen molar-refractivity contribution >= 4 is 16.8 Å². The Morgan fingerprint density at radius 1 is 1.31 bits per heavy atom. The maximum atomic E-state index is 12.5. The zero-order chi connectivity index (χ0) is 18.1. The third kappa shape index (κ3) is 3.19. The van der Waals surface area contributed by atoms with Gasteiger partial charge in [0.25, 0.3) is 0 Å². The molecule has 134 valence electrons. The highest BCUT2D eigenvalue weighted by atomic mass is 16.1. The molecule has 0 bridgehead atoms. The van der Waals surface area contributed by atoms with Crippen LogP contribution in [0.4, 0.5) is 0 Å². The fourth-order valence-electron chi connectivity index (χ4n) is 3.73. The van der Waals surface area contributed by atoms with Crippen LogP contribution in [0, 0.1) is 13.8 Å². The average molecular weight is 349 g/mol. The molecule has 2 heterocycles. The number of amides is 1. The Morgan fingerprint density at radius 2 is 2.15 bits per heavy atom. The quantitative estimate of drug-likeness (QED) is 0.786. The van der Waals surface area contributed by atoms with Crippen LogP contribution in [0.15, 0.2) is 30.5 Å². The molecule has 0 aliphatic heterocycles. The molecule has 1 atom stereocenters. The number of aromatic nitrogens is 4. The Bertz CT molecular complexity index is 962. The standard InChI is InChI=1S/C20H23N5O/c1-13-15-6-3-4-9-19(15)25(24-13)11-10-20(26)23-18-8-5-7-17-16(18)12-21-14(2)22-17/h3-4,6,9,12,18H,5,7-8,10-11H2,1-2H3,(H,23,26)/t18-/m0/s1. The fraction of sp³-hybridized carbons (Fsp3) is 0.400. The lowest BCUT2D eigenvalue weighted by Crippen LogP contribution is -2.32. The minimum absolute atomic E-state index is 0.0166. The zero-order valence-corrected chi connectivity index (χ0v) is 15.2. The van der Waals surface area contributed by atoms with E-state index in [0.29, 0.717) is 13.0 Å². The SMILES string of the molecule is Cc1ncc2c(n1)CCC[C@@H]2NC(=O)CCn1nc(C)c2ccccc21. The van der Waals surface area contributed by atoms with Crippen molar-refractivity contribution in [1.82, 2.24) is 25.1 Å². The molecule has 2 aromatic heterocycles. The van der Waals surface area contributed by atoms with Gasteiger partial charge in [-0.2, -0.15) is 5.10 Å². The van der Waals surface area contributed by atoms with Crippen LogP contribution in [0.2, 0.25) is 0 Å². The van der Waals surface area contributed by atoms with Crippen LogP contribution in [0.3, 0.4) is 0 Å². The van der Waals surface area contributed by atoms with Crippen LogP contribution >= 0.6 is 0 Å². The zero-order valence-electron chi connectivity index (χ0n) is 15.2. The van der Waals surface area contributed by atoms with E-state index in [1.165, 1.54) is 0 Å². The summed E-state index contributed by atoms with van der Waals surface area (Å²) in [6.45, 7) is 4.48. The Hall–Kier alpha value is -2.76. The van der Waals surface area contributed by atoms with Gasteiger partial charge in [-0.1, -0.05) is 18.2 Å². The topological polar surface area (TPSA) is 72.7 Å². The number of benzene rings is 1. The number of nitrogens with zero attached hydrogens (tertiary/aromatic N) is 4. The van der Waals surface area contributed by atoms with Gasteiger partial charge in [0.15, 0.2) is 0 Å². The molecule has 4 rings (SSSR count). The molecule has 0 radical (unpaired) electrons. The van der Waals surface area contributed by atoms with Crippen molar-refractivity contribution in [3.63, 3.8) is 0 Å². The molecule has 0 spiro atoms. The van der Waals surface area contributed by atoms with Crippen molar-refractivity contribution in [3.05, 3.63) is 53.2 Å². The molecular formula is C20H23N5O. The monoisotopic (exact) mass is 349 g/mol. The van der Waals surface area contributed by atoms with E-state index in [1.807, 2.05) is 42.9 Å². The first kappa shape index (κ1) is 16.7. The molecule has 3 aromatic rings. The van der Waals surface area contributed by atoms with Gasteiger partial charge in [0.1, 0.15) is 5.82 Å². The summed E-state index contributed by atoms with van der Waals surface area (Å²) in [6, 6.07) is 8.14. The van der Waals surface area contributed by atoms with Gasteiger partial charge in [-0.3, -0.25) is 9.48 Å². The van der Waals surface area contributed by atoms with Crippen LogP contribution in [-0.2, 0) is 17.8 Å². The number of fused-ring (bicyclic) bond motifs is 2. The Morgan fingerprint density at radius 3 is 3.04 bits per heavy atom. The Labute approximate surface area is 152 Å².